The minimum Gasteiger partial charge on any atom is -0.480 e. The molecule has 0 saturated carbocycles. The first-order chi connectivity index (χ1) is 10.5. The van der Waals surface area contributed by atoms with Gasteiger partial charge in [-0.2, -0.15) is 0 Å². The lowest BCUT2D eigenvalue weighted by molar-refractivity contribution is -0.136. The second-order valence-electron chi connectivity index (χ2n) is 4.81. The van der Waals surface area contributed by atoms with Gasteiger partial charge in [0.15, 0.2) is 0 Å². The maximum absolute atomic E-state index is 12.5. The van der Waals surface area contributed by atoms with Crippen molar-refractivity contribution in [2.75, 3.05) is 0 Å². The van der Waals surface area contributed by atoms with Gasteiger partial charge in [0, 0.05) is 9.77 Å². The van der Waals surface area contributed by atoms with Gasteiger partial charge in [-0.05, 0) is 37.4 Å². The van der Waals surface area contributed by atoms with E-state index in [0.29, 0.717) is 10.5 Å². The zero-order valence-corrected chi connectivity index (χ0v) is 13.9. The van der Waals surface area contributed by atoms with Gasteiger partial charge in [0.1, 0.15) is 5.25 Å². The summed E-state index contributed by atoms with van der Waals surface area (Å²) in [5.41, 5.74) is 0.504. The van der Waals surface area contributed by atoms with Crippen molar-refractivity contribution < 1.29 is 14.7 Å². The highest BCUT2D eigenvalue weighted by atomic mass is 32.2. The molecule has 0 fully saturated rings. The van der Waals surface area contributed by atoms with Gasteiger partial charge in [-0.15, -0.1) is 23.1 Å². The van der Waals surface area contributed by atoms with E-state index < -0.39 is 11.2 Å². The zero-order valence-electron chi connectivity index (χ0n) is 12.3. The van der Waals surface area contributed by atoms with Gasteiger partial charge in [0.05, 0.1) is 11.6 Å². The van der Waals surface area contributed by atoms with E-state index in [-0.39, 0.29) is 11.9 Å². The number of hydrogen-bond donors (Lipinski definition) is 2. The van der Waals surface area contributed by atoms with Crippen molar-refractivity contribution in [3.05, 3.63) is 52.2 Å². The normalized spacial score (nSPS) is 13.4. The molecule has 1 aromatic heterocycles. The largest absolute Gasteiger partial charge is 0.480 e. The standard InChI is InChI=1S/C16H17NO3S2/c1-10(13-8-5-9-21-13)17-15(18)12-6-3-4-7-14(12)22-11(2)16(19)20/h3-11H,1-2H3,(H,17,18)(H,19,20). The van der Waals surface area contributed by atoms with Gasteiger partial charge in [-0.1, -0.05) is 18.2 Å². The van der Waals surface area contributed by atoms with Crippen LogP contribution in [0.2, 0.25) is 0 Å². The van der Waals surface area contributed by atoms with Crippen LogP contribution in [0.3, 0.4) is 0 Å². The number of thiophene rings is 1. The van der Waals surface area contributed by atoms with Crippen LogP contribution in [-0.4, -0.2) is 22.2 Å². The molecule has 4 nitrogen and oxygen atoms in total. The van der Waals surface area contributed by atoms with Gasteiger partial charge < -0.3 is 10.4 Å². The monoisotopic (exact) mass is 335 g/mol. The molecule has 0 saturated heterocycles. The van der Waals surface area contributed by atoms with Crippen molar-refractivity contribution in [3.63, 3.8) is 0 Å². The molecule has 2 N–H and O–H groups in total. The Morgan fingerprint density at radius 2 is 1.91 bits per heavy atom. The number of aliphatic carboxylic acids is 1. The predicted molar refractivity (Wildman–Crippen MR) is 89.6 cm³/mol. The molecule has 0 aliphatic heterocycles. The molecule has 2 rings (SSSR count). The number of hydrogen-bond acceptors (Lipinski definition) is 4. The average molecular weight is 335 g/mol. The molecule has 116 valence electrons. The fourth-order valence-corrected chi connectivity index (χ4v) is 3.54. The SMILES string of the molecule is CC(Sc1ccccc1C(=O)NC(C)c1cccs1)C(=O)O. The highest BCUT2D eigenvalue weighted by molar-refractivity contribution is 8.00. The van der Waals surface area contributed by atoms with E-state index in [2.05, 4.69) is 5.32 Å². The third kappa shape index (κ3) is 4.11. The molecule has 22 heavy (non-hydrogen) atoms. The summed E-state index contributed by atoms with van der Waals surface area (Å²) in [5, 5.41) is 13.3. The van der Waals surface area contributed by atoms with Crippen molar-refractivity contribution in [1.82, 2.24) is 5.32 Å². The first kappa shape index (κ1) is 16.6. The zero-order chi connectivity index (χ0) is 16.1. The number of amides is 1. The van der Waals surface area contributed by atoms with Gasteiger partial charge in [-0.25, -0.2) is 0 Å². The maximum Gasteiger partial charge on any atom is 0.316 e. The Hall–Kier alpha value is -1.79. The van der Waals surface area contributed by atoms with Crippen molar-refractivity contribution in [2.24, 2.45) is 0 Å². The Kier molecular flexibility index (Phi) is 5.63. The van der Waals surface area contributed by atoms with E-state index in [1.54, 1.807) is 42.5 Å². The number of carboxylic acid groups (broad SMARTS) is 1. The van der Waals surface area contributed by atoms with Crippen LogP contribution in [-0.2, 0) is 4.79 Å². The van der Waals surface area contributed by atoms with E-state index in [4.69, 9.17) is 5.11 Å². The lowest BCUT2D eigenvalue weighted by atomic mass is 10.2. The topological polar surface area (TPSA) is 66.4 Å². The molecule has 0 spiro atoms. The molecule has 0 bridgehead atoms. The lowest BCUT2D eigenvalue weighted by Crippen LogP contribution is -2.26. The minimum atomic E-state index is -0.896. The summed E-state index contributed by atoms with van der Waals surface area (Å²) in [7, 11) is 0. The van der Waals surface area contributed by atoms with Crippen LogP contribution in [0.15, 0.2) is 46.7 Å². The molecule has 2 unspecified atom stereocenters. The molecule has 0 aliphatic rings. The lowest BCUT2D eigenvalue weighted by Gasteiger charge is -2.15. The number of carbonyl (C=O) groups is 2. The average Bonchev–Trinajstić information content (AvgIpc) is 3.01. The molecular formula is C16H17NO3S2. The highest BCUT2D eigenvalue weighted by Gasteiger charge is 2.19. The smallest absolute Gasteiger partial charge is 0.316 e. The van der Waals surface area contributed by atoms with Crippen LogP contribution >= 0.6 is 23.1 Å². The molecule has 2 aromatic rings. The molecule has 1 amide bonds. The summed E-state index contributed by atoms with van der Waals surface area (Å²) in [4.78, 5) is 25.2. The number of carboxylic acids is 1. The number of thioether (sulfide) groups is 1. The van der Waals surface area contributed by atoms with Gasteiger partial charge >= 0.3 is 5.97 Å². The van der Waals surface area contributed by atoms with Crippen molar-refractivity contribution in [1.29, 1.82) is 0 Å². The number of rotatable bonds is 6. The van der Waals surface area contributed by atoms with E-state index in [9.17, 15) is 9.59 Å². The van der Waals surface area contributed by atoms with Crippen molar-refractivity contribution in [3.8, 4) is 0 Å². The number of benzene rings is 1. The van der Waals surface area contributed by atoms with E-state index in [1.807, 2.05) is 24.4 Å². The predicted octanol–water partition coefficient (Wildman–Crippen LogP) is 3.80. The van der Waals surface area contributed by atoms with E-state index >= 15 is 0 Å². The van der Waals surface area contributed by atoms with Crippen LogP contribution in [0.1, 0.15) is 35.1 Å². The molecule has 2 atom stereocenters. The summed E-state index contributed by atoms with van der Waals surface area (Å²) in [6.45, 7) is 3.54. The van der Waals surface area contributed by atoms with Gasteiger partial charge in [-0.3, -0.25) is 9.59 Å². The third-order valence-corrected chi connectivity index (χ3v) is 5.32. The summed E-state index contributed by atoms with van der Waals surface area (Å²) >= 11 is 2.76. The van der Waals surface area contributed by atoms with Crippen molar-refractivity contribution in [2.45, 2.75) is 30.0 Å². The van der Waals surface area contributed by atoms with Crippen LogP contribution in [0.5, 0.6) is 0 Å². The molecule has 0 radical (unpaired) electrons. The quantitative estimate of drug-likeness (QED) is 0.788. The molecule has 1 aromatic carbocycles. The summed E-state index contributed by atoms with van der Waals surface area (Å²) in [5.74, 6) is -1.09. The second-order valence-corrected chi connectivity index (χ2v) is 7.17. The maximum atomic E-state index is 12.5. The fourth-order valence-electron chi connectivity index (χ4n) is 1.88. The third-order valence-electron chi connectivity index (χ3n) is 3.10. The van der Waals surface area contributed by atoms with Crippen LogP contribution in [0.4, 0.5) is 0 Å². The summed E-state index contributed by atoms with van der Waals surface area (Å²) < 4.78 is 0. The number of nitrogens with one attached hydrogen (secondary N) is 1. The minimum absolute atomic E-state index is 0.0811. The van der Waals surface area contributed by atoms with Gasteiger partial charge in [0.25, 0.3) is 5.91 Å². The molecular weight excluding hydrogens is 318 g/mol. The Balaban J connectivity index is 2.14. The van der Waals surface area contributed by atoms with Crippen molar-refractivity contribution >= 4 is 35.0 Å². The highest BCUT2D eigenvalue weighted by Crippen LogP contribution is 2.27. The Morgan fingerprint density at radius 1 is 1.18 bits per heavy atom. The first-order valence-corrected chi connectivity index (χ1v) is 8.57. The van der Waals surface area contributed by atoms with Gasteiger partial charge in [0.2, 0.25) is 0 Å². The van der Waals surface area contributed by atoms with Crippen LogP contribution in [0, 0.1) is 0 Å². The second kappa shape index (κ2) is 7.47. The molecule has 0 aliphatic carbocycles. The Morgan fingerprint density at radius 3 is 2.55 bits per heavy atom. The Labute approximate surface area is 137 Å². The molecule has 6 heteroatoms. The first-order valence-electron chi connectivity index (χ1n) is 6.81. The number of carbonyl (C=O) groups excluding carboxylic acids is 1. The van der Waals surface area contributed by atoms with E-state index in [0.717, 1.165) is 4.88 Å². The summed E-state index contributed by atoms with van der Waals surface area (Å²) in [6.07, 6.45) is 0. The van der Waals surface area contributed by atoms with Crippen LogP contribution < -0.4 is 5.32 Å². The summed E-state index contributed by atoms with van der Waals surface area (Å²) in [6, 6.07) is 10.9. The van der Waals surface area contributed by atoms with E-state index in [1.165, 1.54) is 11.8 Å². The van der Waals surface area contributed by atoms with Crippen LogP contribution in [0.25, 0.3) is 0 Å². The molecule has 1 heterocycles. The Bertz CT molecular complexity index is 655. The fraction of sp³-hybridized carbons (Fsp3) is 0.250.